The van der Waals surface area contributed by atoms with Gasteiger partial charge in [0.2, 0.25) is 0 Å². The standard InChI is InChI=1S/C17H19NO/c1-3-18(12-15-7-5-4-6-8-15)17-10-9-14(2)11-16(17)13-19/h4-11,13H,3,12H2,1-2H3. The molecule has 19 heavy (non-hydrogen) atoms. The molecule has 0 radical (unpaired) electrons. The molecule has 0 saturated heterocycles. The van der Waals surface area contributed by atoms with Gasteiger partial charge >= 0.3 is 0 Å². The summed E-state index contributed by atoms with van der Waals surface area (Å²) < 4.78 is 0. The molecule has 0 aliphatic carbocycles. The van der Waals surface area contributed by atoms with Crippen LogP contribution in [0.25, 0.3) is 0 Å². The van der Waals surface area contributed by atoms with E-state index in [1.54, 1.807) is 0 Å². The molecule has 0 bridgehead atoms. The molecule has 0 amide bonds. The zero-order chi connectivity index (χ0) is 13.7. The quantitative estimate of drug-likeness (QED) is 0.755. The van der Waals surface area contributed by atoms with Gasteiger partial charge in [0, 0.05) is 24.3 Å². The number of anilines is 1. The second kappa shape index (κ2) is 6.19. The van der Waals surface area contributed by atoms with Gasteiger partial charge < -0.3 is 4.90 Å². The Morgan fingerprint density at radius 1 is 1.11 bits per heavy atom. The zero-order valence-corrected chi connectivity index (χ0v) is 11.5. The number of aryl methyl sites for hydroxylation is 1. The third-order valence-electron chi connectivity index (χ3n) is 3.25. The predicted octanol–water partition coefficient (Wildman–Crippen LogP) is 3.83. The molecule has 0 aliphatic rings. The summed E-state index contributed by atoms with van der Waals surface area (Å²) in [6, 6.07) is 16.3. The molecule has 2 nitrogen and oxygen atoms in total. The van der Waals surface area contributed by atoms with Crippen LogP contribution < -0.4 is 4.90 Å². The third kappa shape index (κ3) is 3.22. The number of carbonyl (C=O) groups excluding carboxylic acids is 1. The molecule has 0 fully saturated rings. The summed E-state index contributed by atoms with van der Waals surface area (Å²) in [4.78, 5) is 13.4. The van der Waals surface area contributed by atoms with Crippen LogP contribution >= 0.6 is 0 Å². The third-order valence-corrected chi connectivity index (χ3v) is 3.25. The van der Waals surface area contributed by atoms with E-state index in [4.69, 9.17) is 0 Å². The number of rotatable bonds is 5. The minimum absolute atomic E-state index is 0.762. The first-order valence-corrected chi connectivity index (χ1v) is 6.59. The first-order valence-electron chi connectivity index (χ1n) is 6.59. The molecule has 0 aliphatic heterocycles. The summed E-state index contributed by atoms with van der Waals surface area (Å²) in [5.41, 5.74) is 4.13. The minimum atomic E-state index is 0.762. The van der Waals surface area contributed by atoms with Crippen LogP contribution in [0.2, 0.25) is 0 Å². The second-order valence-electron chi connectivity index (χ2n) is 4.68. The Morgan fingerprint density at radius 3 is 2.47 bits per heavy atom. The maximum absolute atomic E-state index is 11.2. The van der Waals surface area contributed by atoms with Gasteiger partial charge in [-0.2, -0.15) is 0 Å². The summed E-state index contributed by atoms with van der Waals surface area (Å²) in [7, 11) is 0. The highest BCUT2D eigenvalue weighted by Crippen LogP contribution is 2.22. The Labute approximate surface area is 114 Å². The van der Waals surface area contributed by atoms with Crippen molar-refractivity contribution in [2.45, 2.75) is 20.4 Å². The van der Waals surface area contributed by atoms with E-state index in [1.807, 2.05) is 37.3 Å². The van der Waals surface area contributed by atoms with Gasteiger partial charge in [0.1, 0.15) is 0 Å². The minimum Gasteiger partial charge on any atom is -0.367 e. The fourth-order valence-corrected chi connectivity index (χ4v) is 2.23. The first kappa shape index (κ1) is 13.3. The van der Waals surface area contributed by atoms with Crippen molar-refractivity contribution < 1.29 is 4.79 Å². The van der Waals surface area contributed by atoms with E-state index < -0.39 is 0 Å². The summed E-state index contributed by atoms with van der Waals surface area (Å²) >= 11 is 0. The van der Waals surface area contributed by atoms with Crippen LogP contribution in [0, 0.1) is 6.92 Å². The lowest BCUT2D eigenvalue weighted by atomic mass is 10.1. The topological polar surface area (TPSA) is 20.3 Å². The maximum atomic E-state index is 11.2. The van der Waals surface area contributed by atoms with Crippen molar-refractivity contribution in [1.29, 1.82) is 0 Å². The molecule has 2 rings (SSSR count). The van der Waals surface area contributed by atoms with Gasteiger partial charge in [-0.3, -0.25) is 4.79 Å². The number of carbonyl (C=O) groups is 1. The number of benzene rings is 2. The van der Waals surface area contributed by atoms with E-state index >= 15 is 0 Å². The SMILES string of the molecule is CCN(Cc1ccccc1)c1ccc(C)cc1C=O. The van der Waals surface area contributed by atoms with Gasteiger partial charge in [-0.25, -0.2) is 0 Å². The van der Waals surface area contributed by atoms with Crippen molar-refractivity contribution in [1.82, 2.24) is 0 Å². The van der Waals surface area contributed by atoms with E-state index in [9.17, 15) is 4.79 Å². The van der Waals surface area contributed by atoms with E-state index in [0.29, 0.717) is 0 Å². The largest absolute Gasteiger partial charge is 0.367 e. The first-order chi connectivity index (χ1) is 9.24. The molecule has 0 unspecified atom stereocenters. The molecule has 0 atom stereocenters. The Kier molecular flexibility index (Phi) is 4.35. The van der Waals surface area contributed by atoms with E-state index in [1.165, 1.54) is 5.56 Å². The van der Waals surface area contributed by atoms with Crippen molar-refractivity contribution in [2.24, 2.45) is 0 Å². The molecule has 0 saturated carbocycles. The summed E-state index contributed by atoms with van der Waals surface area (Å²) in [5, 5.41) is 0. The molecule has 0 N–H and O–H groups in total. The number of hydrogen-bond donors (Lipinski definition) is 0. The fourth-order valence-electron chi connectivity index (χ4n) is 2.23. The molecule has 0 heterocycles. The van der Waals surface area contributed by atoms with Gasteiger partial charge in [-0.05, 0) is 31.5 Å². The molecule has 2 heteroatoms. The highest BCUT2D eigenvalue weighted by atomic mass is 16.1. The molecular weight excluding hydrogens is 234 g/mol. The van der Waals surface area contributed by atoms with Gasteiger partial charge in [-0.15, -0.1) is 0 Å². The normalized spacial score (nSPS) is 10.2. The van der Waals surface area contributed by atoms with Crippen LogP contribution in [0.4, 0.5) is 5.69 Å². The Balaban J connectivity index is 2.29. The van der Waals surface area contributed by atoms with Crippen LogP contribution in [0.5, 0.6) is 0 Å². The van der Waals surface area contributed by atoms with Gasteiger partial charge in [-0.1, -0.05) is 42.0 Å². The number of hydrogen-bond acceptors (Lipinski definition) is 2. The Bertz CT molecular complexity index is 548. The van der Waals surface area contributed by atoms with Crippen LogP contribution in [0.15, 0.2) is 48.5 Å². The summed E-state index contributed by atoms with van der Waals surface area (Å²) in [6.07, 6.45) is 0.940. The molecule has 2 aromatic rings. The monoisotopic (exact) mass is 253 g/mol. The van der Waals surface area contributed by atoms with Crippen LogP contribution in [-0.2, 0) is 6.54 Å². The number of aldehydes is 1. The molecule has 2 aromatic carbocycles. The molecule has 0 spiro atoms. The fraction of sp³-hybridized carbons (Fsp3) is 0.235. The summed E-state index contributed by atoms with van der Waals surface area (Å²) in [5.74, 6) is 0. The van der Waals surface area contributed by atoms with Crippen molar-refractivity contribution in [3.8, 4) is 0 Å². The van der Waals surface area contributed by atoms with E-state index in [0.717, 1.165) is 36.2 Å². The zero-order valence-electron chi connectivity index (χ0n) is 11.5. The lowest BCUT2D eigenvalue weighted by molar-refractivity contribution is 0.112. The van der Waals surface area contributed by atoms with Crippen molar-refractivity contribution in [2.75, 3.05) is 11.4 Å². The average Bonchev–Trinajstić information content (AvgIpc) is 2.46. The van der Waals surface area contributed by atoms with Crippen LogP contribution in [-0.4, -0.2) is 12.8 Å². The highest BCUT2D eigenvalue weighted by molar-refractivity contribution is 5.85. The predicted molar refractivity (Wildman–Crippen MR) is 79.7 cm³/mol. The molecular formula is C17H19NO. The van der Waals surface area contributed by atoms with Crippen molar-refractivity contribution >= 4 is 12.0 Å². The van der Waals surface area contributed by atoms with Crippen LogP contribution in [0.1, 0.15) is 28.4 Å². The van der Waals surface area contributed by atoms with E-state index in [-0.39, 0.29) is 0 Å². The smallest absolute Gasteiger partial charge is 0.152 e. The van der Waals surface area contributed by atoms with E-state index in [2.05, 4.69) is 30.0 Å². The Hall–Kier alpha value is -2.09. The Morgan fingerprint density at radius 2 is 1.84 bits per heavy atom. The highest BCUT2D eigenvalue weighted by Gasteiger charge is 2.10. The maximum Gasteiger partial charge on any atom is 0.152 e. The van der Waals surface area contributed by atoms with Gasteiger partial charge in [0.05, 0.1) is 0 Å². The molecule has 98 valence electrons. The van der Waals surface area contributed by atoms with Crippen molar-refractivity contribution in [3.63, 3.8) is 0 Å². The summed E-state index contributed by atoms with van der Waals surface area (Å²) in [6.45, 7) is 5.81. The molecule has 0 aromatic heterocycles. The second-order valence-corrected chi connectivity index (χ2v) is 4.68. The average molecular weight is 253 g/mol. The number of nitrogens with zero attached hydrogens (tertiary/aromatic N) is 1. The van der Waals surface area contributed by atoms with Gasteiger partial charge in [0.25, 0.3) is 0 Å². The van der Waals surface area contributed by atoms with Crippen molar-refractivity contribution in [3.05, 3.63) is 65.2 Å². The lowest BCUT2D eigenvalue weighted by Gasteiger charge is -2.25. The lowest BCUT2D eigenvalue weighted by Crippen LogP contribution is -2.23. The van der Waals surface area contributed by atoms with Gasteiger partial charge in [0.15, 0.2) is 6.29 Å². The van der Waals surface area contributed by atoms with Crippen LogP contribution in [0.3, 0.4) is 0 Å².